The van der Waals surface area contributed by atoms with E-state index < -0.39 is 17.2 Å². The van der Waals surface area contributed by atoms with Crippen molar-refractivity contribution < 1.29 is 19.7 Å². The molecule has 19 heavy (non-hydrogen) atoms. The third kappa shape index (κ3) is 2.93. The van der Waals surface area contributed by atoms with Crippen LogP contribution in [0, 0.1) is 0 Å². The summed E-state index contributed by atoms with van der Waals surface area (Å²) < 4.78 is 5.26. The number of phenolic OH excluding ortho intramolecular Hbond substituents is 2. The van der Waals surface area contributed by atoms with E-state index in [0.717, 1.165) is 0 Å². The van der Waals surface area contributed by atoms with Crippen LogP contribution >= 0.6 is 11.6 Å². The van der Waals surface area contributed by atoms with Gasteiger partial charge in [0.05, 0.1) is 11.1 Å². The monoisotopic (exact) mass is 285 g/mol. The van der Waals surface area contributed by atoms with E-state index >= 15 is 0 Å². The van der Waals surface area contributed by atoms with Crippen molar-refractivity contribution in [1.29, 1.82) is 0 Å². The molecule has 6 heteroatoms. The smallest absolute Gasteiger partial charge is 0.255 e. The minimum absolute atomic E-state index is 0.0379. The Bertz CT molecular complexity index is 472. The van der Waals surface area contributed by atoms with Crippen molar-refractivity contribution in [3.05, 3.63) is 23.8 Å². The second-order valence-electron chi connectivity index (χ2n) is 4.65. The highest BCUT2D eigenvalue weighted by atomic mass is 35.5. The van der Waals surface area contributed by atoms with Gasteiger partial charge >= 0.3 is 0 Å². The van der Waals surface area contributed by atoms with E-state index in [2.05, 4.69) is 5.32 Å². The van der Waals surface area contributed by atoms with Gasteiger partial charge in [0.15, 0.2) is 11.5 Å². The van der Waals surface area contributed by atoms with E-state index in [9.17, 15) is 15.0 Å². The number of nitrogens with one attached hydrogen (secondary N) is 1. The number of phenols is 2. The van der Waals surface area contributed by atoms with Gasteiger partial charge in [-0.1, -0.05) is 6.07 Å². The summed E-state index contributed by atoms with van der Waals surface area (Å²) in [6, 6.07) is 4.27. The lowest BCUT2D eigenvalue weighted by Gasteiger charge is -2.36. The minimum atomic E-state index is -0.519. The number of carbonyl (C=O) groups excluding carboxylic acids is 1. The van der Waals surface area contributed by atoms with Crippen LogP contribution in [-0.2, 0) is 4.74 Å². The van der Waals surface area contributed by atoms with Gasteiger partial charge in [-0.25, -0.2) is 0 Å². The van der Waals surface area contributed by atoms with E-state index in [4.69, 9.17) is 16.3 Å². The van der Waals surface area contributed by atoms with E-state index in [1.807, 2.05) is 0 Å². The minimum Gasteiger partial charge on any atom is -0.504 e. The number of carbonyl (C=O) groups is 1. The highest BCUT2D eigenvalue weighted by molar-refractivity contribution is 6.19. The summed E-state index contributed by atoms with van der Waals surface area (Å²) in [6.45, 7) is 1.08. The van der Waals surface area contributed by atoms with Gasteiger partial charge in [-0.3, -0.25) is 4.79 Å². The van der Waals surface area contributed by atoms with Crippen LogP contribution in [-0.4, -0.2) is 40.8 Å². The Labute approximate surface area is 116 Å². The molecule has 3 N–H and O–H groups in total. The number of benzene rings is 1. The molecule has 0 atom stereocenters. The molecule has 1 aliphatic rings. The van der Waals surface area contributed by atoms with E-state index in [0.29, 0.717) is 26.1 Å². The van der Waals surface area contributed by atoms with Gasteiger partial charge in [0, 0.05) is 19.1 Å². The standard InChI is InChI=1S/C13H16ClNO4/c14-8-13(4-6-19-7-5-13)15-12(18)9-2-1-3-10(16)11(9)17/h1-3,16-17H,4-8H2,(H,15,18). The van der Waals surface area contributed by atoms with Gasteiger partial charge in [0.25, 0.3) is 5.91 Å². The lowest BCUT2D eigenvalue weighted by Crippen LogP contribution is -2.53. The van der Waals surface area contributed by atoms with Crippen molar-refractivity contribution in [1.82, 2.24) is 5.32 Å². The maximum atomic E-state index is 12.2. The molecule has 0 bridgehead atoms. The van der Waals surface area contributed by atoms with E-state index in [1.54, 1.807) is 0 Å². The molecule has 1 aromatic carbocycles. The Hall–Kier alpha value is -1.46. The second-order valence-corrected chi connectivity index (χ2v) is 4.92. The van der Waals surface area contributed by atoms with Gasteiger partial charge in [-0.15, -0.1) is 11.6 Å². The molecular weight excluding hydrogens is 270 g/mol. The third-order valence-corrected chi connectivity index (χ3v) is 3.86. The van der Waals surface area contributed by atoms with Gasteiger partial charge in [-0.2, -0.15) is 0 Å². The third-order valence-electron chi connectivity index (χ3n) is 3.34. The largest absolute Gasteiger partial charge is 0.504 e. The fourth-order valence-corrected chi connectivity index (χ4v) is 2.41. The van der Waals surface area contributed by atoms with Crippen LogP contribution in [0.1, 0.15) is 23.2 Å². The van der Waals surface area contributed by atoms with Crippen LogP contribution in [0.5, 0.6) is 11.5 Å². The summed E-state index contributed by atoms with van der Waals surface area (Å²) in [6.07, 6.45) is 1.25. The van der Waals surface area contributed by atoms with Gasteiger partial charge in [-0.05, 0) is 25.0 Å². The topological polar surface area (TPSA) is 78.8 Å². The number of rotatable bonds is 3. The van der Waals surface area contributed by atoms with Gasteiger partial charge in [0.2, 0.25) is 0 Å². The summed E-state index contributed by atoms with van der Waals surface area (Å²) >= 11 is 5.96. The van der Waals surface area contributed by atoms with Crippen molar-refractivity contribution >= 4 is 17.5 Å². The summed E-state index contributed by atoms with van der Waals surface area (Å²) in [5.41, 5.74) is -0.481. The number of aromatic hydroxyl groups is 2. The van der Waals surface area contributed by atoms with Crippen molar-refractivity contribution in [2.45, 2.75) is 18.4 Å². The highest BCUT2D eigenvalue weighted by Crippen LogP contribution is 2.29. The summed E-state index contributed by atoms with van der Waals surface area (Å²) in [5.74, 6) is -0.908. The molecule has 0 spiro atoms. The molecule has 0 radical (unpaired) electrons. The first-order valence-corrected chi connectivity index (χ1v) is 6.59. The van der Waals surface area contributed by atoms with Crippen molar-refractivity contribution in [3.63, 3.8) is 0 Å². The predicted molar refractivity (Wildman–Crippen MR) is 70.7 cm³/mol. The molecule has 5 nitrogen and oxygen atoms in total. The molecule has 1 amide bonds. The first-order valence-electron chi connectivity index (χ1n) is 6.05. The zero-order valence-corrected chi connectivity index (χ0v) is 11.1. The molecule has 104 valence electrons. The SMILES string of the molecule is O=C(NC1(CCl)CCOCC1)c1cccc(O)c1O. The molecule has 0 aromatic heterocycles. The summed E-state index contributed by atoms with van der Waals surface area (Å²) in [4.78, 5) is 12.2. The lowest BCUT2D eigenvalue weighted by atomic mass is 9.91. The van der Waals surface area contributed by atoms with Crippen molar-refractivity contribution in [3.8, 4) is 11.5 Å². The molecule has 1 aromatic rings. The average Bonchev–Trinajstić information content (AvgIpc) is 2.42. The first-order chi connectivity index (χ1) is 9.08. The van der Waals surface area contributed by atoms with Crippen LogP contribution in [0.2, 0.25) is 0 Å². The first kappa shape index (κ1) is 14.0. The van der Waals surface area contributed by atoms with Gasteiger partial charge in [0.1, 0.15) is 0 Å². The van der Waals surface area contributed by atoms with Crippen molar-refractivity contribution in [2.75, 3.05) is 19.1 Å². The Kier molecular flexibility index (Phi) is 4.17. The van der Waals surface area contributed by atoms with E-state index in [1.165, 1.54) is 18.2 Å². The molecule has 0 saturated carbocycles. The fraction of sp³-hybridized carbons (Fsp3) is 0.462. The van der Waals surface area contributed by atoms with Crippen LogP contribution in [0.3, 0.4) is 0 Å². The maximum absolute atomic E-state index is 12.2. The Morgan fingerprint density at radius 2 is 2.05 bits per heavy atom. The Morgan fingerprint density at radius 3 is 2.68 bits per heavy atom. The second kappa shape index (κ2) is 5.67. The number of hydrogen-bond donors (Lipinski definition) is 3. The van der Waals surface area contributed by atoms with Crippen LogP contribution < -0.4 is 5.32 Å². The zero-order chi connectivity index (χ0) is 13.9. The molecule has 0 unspecified atom stereocenters. The number of para-hydroxylation sites is 1. The fourth-order valence-electron chi connectivity index (χ4n) is 2.08. The molecule has 1 saturated heterocycles. The Balaban J connectivity index is 2.17. The van der Waals surface area contributed by atoms with Crippen LogP contribution in [0.15, 0.2) is 18.2 Å². The quantitative estimate of drug-likeness (QED) is 0.582. The van der Waals surface area contributed by atoms with Crippen LogP contribution in [0.25, 0.3) is 0 Å². The van der Waals surface area contributed by atoms with Crippen molar-refractivity contribution in [2.24, 2.45) is 0 Å². The highest BCUT2D eigenvalue weighted by Gasteiger charge is 2.34. The van der Waals surface area contributed by atoms with Crippen LogP contribution in [0.4, 0.5) is 0 Å². The molecule has 2 rings (SSSR count). The zero-order valence-electron chi connectivity index (χ0n) is 10.4. The number of alkyl halides is 1. The van der Waals surface area contributed by atoms with E-state index in [-0.39, 0.29) is 17.2 Å². The number of hydrogen-bond acceptors (Lipinski definition) is 4. The lowest BCUT2D eigenvalue weighted by molar-refractivity contribution is 0.0433. The molecule has 1 aliphatic heterocycles. The molecule has 1 fully saturated rings. The summed E-state index contributed by atoms with van der Waals surface area (Å²) in [5, 5.41) is 21.9. The Morgan fingerprint density at radius 1 is 1.37 bits per heavy atom. The molecular formula is C13H16ClNO4. The number of halogens is 1. The number of ether oxygens (including phenoxy) is 1. The number of amides is 1. The maximum Gasteiger partial charge on any atom is 0.255 e. The normalized spacial score (nSPS) is 17.9. The average molecular weight is 286 g/mol. The molecule has 1 heterocycles. The summed E-state index contributed by atoms with van der Waals surface area (Å²) in [7, 11) is 0. The predicted octanol–water partition coefficient (Wildman–Crippen LogP) is 1.62. The van der Waals surface area contributed by atoms with Gasteiger partial charge < -0.3 is 20.3 Å². The molecule has 0 aliphatic carbocycles.